The van der Waals surface area contributed by atoms with E-state index in [2.05, 4.69) is 10.6 Å². The van der Waals surface area contributed by atoms with E-state index in [1.54, 1.807) is 24.3 Å². The molecule has 0 aliphatic heterocycles. The molecule has 0 aliphatic carbocycles. The SMILES string of the molecule is Fc1ccc(C/N=c2/ccn(Cc3ccc(F)cc3)c3ccccc23)cc1. The van der Waals surface area contributed by atoms with Crippen LogP contribution >= 0.6 is 0 Å². The third-order valence-corrected chi connectivity index (χ3v) is 4.51. The van der Waals surface area contributed by atoms with Crippen LogP contribution in [0.4, 0.5) is 8.78 Å². The Labute approximate surface area is 156 Å². The van der Waals surface area contributed by atoms with E-state index in [4.69, 9.17) is 4.99 Å². The lowest BCUT2D eigenvalue weighted by Gasteiger charge is -2.12. The first-order chi connectivity index (χ1) is 13.2. The van der Waals surface area contributed by atoms with Gasteiger partial charge in [0.25, 0.3) is 0 Å². The fraction of sp³-hybridized carbons (Fsp3) is 0.0870. The van der Waals surface area contributed by atoms with Crippen LogP contribution in [0.15, 0.2) is 90.1 Å². The Morgan fingerprint density at radius 3 is 2.04 bits per heavy atom. The zero-order valence-electron chi connectivity index (χ0n) is 14.6. The van der Waals surface area contributed by atoms with Crippen LogP contribution in [0.1, 0.15) is 11.1 Å². The van der Waals surface area contributed by atoms with E-state index in [1.807, 2.05) is 30.5 Å². The van der Waals surface area contributed by atoms with E-state index in [-0.39, 0.29) is 11.6 Å². The molecule has 0 radical (unpaired) electrons. The second-order valence-electron chi connectivity index (χ2n) is 6.42. The Balaban J connectivity index is 1.70. The molecule has 0 bridgehead atoms. The fourth-order valence-corrected chi connectivity index (χ4v) is 3.10. The second-order valence-corrected chi connectivity index (χ2v) is 6.42. The molecule has 4 rings (SSSR count). The average Bonchev–Trinajstić information content (AvgIpc) is 2.70. The molecule has 134 valence electrons. The van der Waals surface area contributed by atoms with Crippen molar-refractivity contribution >= 4 is 10.9 Å². The van der Waals surface area contributed by atoms with Crippen LogP contribution in [0.5, 0.6) is 0 Å². The molecule has 27 heavy (non-hydrogen) atoms. The van der Waals surface area contributed by atoms with Gasteiger partial charge in [0.15, 0.2) is 0 Å². The van der Waals surface area contributed by atoms with Crippen LogP contribution in [0.3, 0.4) is 0 Å². The van der Waals surface area contributed by atoms with Crippen molar-refractivity contribution in [1.82, 2.24) is 4.57 Å². The van der Waals surface area contributed by atoms with E-state index in [0.717, 1.165) is 27.4 Å². The molecule has 1 heterocycles. The van der Waals surface area contributed by atoms with Crippen LogP contribution in [-0.2, 0) is 13.1 Å². The van der Waals surface area contributed by atoms with Gasteiger partial charge < -0.3 is 4.57 Å². The third-order valence-electron chi connectivity index (χ3n) is 4.51. The summed E-state index contributed by atoms with van der Waals surface area (Å²) >= 11 is 0. The number of aromatic nitrogens is 1. The molecule has 0 fully saturated rings. The molecule has 0 amide bonds. The molecular weight excluding hydrogens is 342 g/mol. The lowest BCUT2D eigenvalue weighted by Crippen LogP contribution is -2.10. The zero-order chi connectivity index (χ0) is 18.6. The van der Waals surface area contributed by atoms with Crippen LogP contribution in [0, 0.1) is 11.6 Å². The van der Waals surface area contributed by atoms with Crippen LogP contribution in [0.25, 0.3) is 10.9 Å². The first-order valence-corrected chi connectivity index (χ1v) is 8.77. The molecule has 0 atom stereocenters. The fourth-order valence-electron chi connectivity index (χ4n) is 3.10. The van der Waals surface area contributed by atoms with Crippen LogP contribution in [0.2, 0.25) is 0 Å². The van der Waals surface area contributed by atoms with Gasteiger partial charge in [0, 0.05) is 18.1 Å². The molecular formula is C23H18F2N2. The largest absolute Gasteiger partial charge is 0.343 e. The first kappa shape index (κ1) is 17.2. The van der Waals surface area contributed by atoms with Gasteiger partial charge in [0.2, 0.25) is 0 Å². The number of halogens is 2. The molecule has 0 saturated heterocycles. The minimum atomic E-state index is -0.245. The number of benzene rings is 3. The number of hydrogen-bond donors (Lipinski definition) is 0. The highest BCUT2D eigenvalue weighted by Gasteiger charge is 2.03. The maximum absolute atomic E-state index is 13.1. The van der Waals surface area contributed by atoms with Crippen molar-refractivity contribution in [2.24, 2.45) is 4.99 Å². The van der Waals surface area contributed by atoms with E-state index in [0.29, 0.717) is 13.1 Å². The minimum Gasteiger partial charge on any atom is -0.343 e. The number of hydrogen-bond acceptors (Lipinski definition) is 1. The highest BCUT2D eigenvalue weighted by atomic mass is 19.1. The number of para-hydroxylation sites is 1. The summed E-state index contributed by atoms with van der Waals surface area (Å²) in [7, 11) is 0. The van der Waals surface area contributed by atoms with Crippen LogP contribution in [-0.4, -0.2) is 4.57 Å². The minimum absolute atomic E-state index is 0.233. The molecule has 4 heteroatoms. The van der Waals surface area contributed by atoms with Crippen molar-refractivity contribution in [3.05, 3.63) is 113 Å². The van der Waals surface area contributed by atoms with Gasteiger partial charge in [-0.25, -0.2) is 8.78 Å². The molecule has 1 aromatic heterocycles. The monoisotopic (exact) mass is 360 g/mol. The smallest absolute Gasteiger partial charge is 0.123 e. The Morgan fingerprint density at radius 2 is 1.33 bits per heavy atom. The van der Waals surface area contributed by atoms with Gasteiger partial charge in [-0.05, 0) is 47.5 Å². The van der Waals surface area contributed by atoms with Gasteiger partial charge in [-0.1, -0.05) is 42.5 Å². The highest BCUT2D eigenvalue weighted by Crippen LogP contribution is 2.13. The summed E-state index contributed by atoms with van der Waals surface area (Å²) in [5, 5.41) is 1.94. The molecule has 3 aromatic carbocycles. The lowest BCUT2D eigenvalue weighted by molar-refractivity contribution is 0.626. The molecule has 0 N–H and O–H groups in total. The van der Waals surface area contributed by atoms with Gasteiger partial charge in [-0.2, -0.15) is 0 Å². The van der Waals surface area contributed by atoms with Crippen molar-refractivity contribution in [1.29, 1.82) is 0 Å². The number of fused-ring (bicyclic) bond motifs is 1. The van der Waals surface area contributed by atoms with Gasteiger partial charge in [0.05, 0.1) is 17.4 Å². The van der Waals surface area contributed by atoms with Crippen molar-refractivity contribution in [3.8, 4) is 0 Å². The maximum atomic E-state index is 13.1. The maximum Gasteiger partial charge on any atom is 0.123 e. The van der Waals surface area contributed by atoms with E-state index in [9.17, 15) is 8.78 Å². The first-order valence-electron chi connectivity index (χ1n) is 8.77. The van der Waals surface area contributed by atoms with Crippen molar-refractivity contribution < 1.29 is 8.78 Å². The Kier molecular flexibility index (Phi) is 4.79. The molecule has 0 spiro atoms. The Morgan fingerprint density at radius 1 is 0.704 bits per heavy atom. The average molecular weight is 360 g/mol. The Bertz CT molecular complexity index is 1130. The van der Waals surface area contributed by atoms with E-state index in [1.165, 1.54) is 24.3 Å². The van der Waals surface area contributed by atoms with Gasteiger partial charge >= 0.3 is 0 Å². The predicted octanol–water partition coefficient (Wildman–Crippen LogP) is 5.07. The van der Waals surface area contributed by atoms with Crippen LogP contribution < -0.4 is 5.36 Å². The summed E-state index contributed by atoms with van der Waals surface area (Å²) in [6.07, 6.45) is 2.00. The topological polar surface area (TPSA) is 17.3 Å². The van der Waals surface area contributed by atoms with Gasteiger partial charge in [-0.3, -0.25) is 4.99 Å². The van der Waals surface area contributed by atoms with Gasteiger partial charge in [0.1, 0.15) is 11.6 Å². The zero-order valence-corrected chi connectivity index (χ0v) is 14.6. The molecule has 4 aromatic rings. The number of rotatable bonds is 4. The van der Waals surface area contributed by atoms with E-state index >= 15 is 0 Å². The summed E-state index contributed by atoms with van der Waals surface area (Å²) in [6, 6.07) is 23.0. The number of nitrogens with zero attached hydrogens (tertiary/aromatic N) is 2. The summed E-state index contributed by atoms with van der Waals surface area (Å²) < 4.78 is 28.3. The summed E-state index contributed by atoms with van der Waals surface area (Å²) in [5.41, 5.74) is 3.05. The molecule has 2 nitrogen and oxygen atoms in total. The lowest BCUT2D eigenvalue weighted by atomic mass is 10.1. The van der Waals surface area contributed by atoms with Crippen molar-refractivity contribution in [2.45, 2.75) is 13.1 Å². The summed E-state index contributed by atoms with van der Waals surface area (Å²) in [6.45, 7) is 1.14. The third kappa shape index (κ3) is 3.95. The highest BCUT2D eigenvalue weighted by molar-refractivity contribution is 5.78. The van der Waals surface area contributed by atoms with Crippen molar-refractivity contribution in [2.75, 3.05) is 0 Å². The van der Waals surface area contributed by atoms with Crippen molar-refractivity contribution in [3.63, 3.8) is 0 Å². The van der Waals surface area contributed by atoms with E-state index < -0.39 is 0 Å². The molecule has 0 aliphatic rings. The normalized spacial score (nSPS) is 11.9. The van der Waals surface area contributed by atoms with Gasteiger partial charge in [-0.15, -0.1) is 0 Å². The Hall–Kier alpha value is -3.27. The predicted molar refractivity (Wildman–Crippen MR) is 103 cm³/mol. The summed E-state index contributed by atoms with van der Waals surface area (Å²) in [4.78, 5) is 4.71. The quantitative estimate of drug-likeness (QED) is 0.484. The second kappa shape index (κ2) is 7.54. The molecule has 0 unspecified atom stereocenters. The number of pyridine rings is 1. The molecule has 0 saturated carbocycles. The summed E-state index contributed by atoms with van der Waals surface area (Å²) in [5.74, 6) is -0.478. The standard InChI is InChI=1S/C23H18F2N2/c24-19-9-5-17(6-10-19)15-26-22-13-14-27(23-4-2-1-3-21(22)23)16-18-7-11-20(25)12-8-18/h1-14H,15-16H2/b26-22-.